The fourth-order valence-electron chi connectivity index (χ4n) is 4.12. The molecule has 0 aromatic heterocycles. The van der Waals surface area contributed by atoms with E-state index in [2.05, 4.69) is 5.32 Å². The molecule has 3 aromatic rings. The van der Waals surface area contributed by atoms with Gasteiger partial charge in [0.1, 0.15) is 12.1 Å². The van der Waals surface area contributed by atoms with Crippen molar-refractivity contribution in [3.8, 4) is 0 Å². The third kappa shape index (κ3) is 5.03. The molecule has 2 N–H and O–H groups in total. The van der Waals surface area contributed by atoms with Crippen LogP contribution in [0.25, 0.3) is 10.8 Å². The van der Waals surface area contributed by atoms with Crippen molar-refractivity contribution in [2.45, 2.75) is 36.2 Å². The molecule has 1 heterocycles. The van der Waals surface area contributed by atoms with Gasteiger partial charge in [0.05, 0.1) is 4.90 Å². The first-order valence-corrected chi connectivity index (χ1v) is 12.4. The van der Waals surface area contributed by atoms with E-state index >= 15 is 0 Å². The van der Waals surface area contributed by atoms with E-state index in [-0.39, 0.29) is 22.9 Å². The second-order valence-electron chi connectivity index (χ2n) is 8.02. The first kappa shape index (κ1) is 23.2. The molecule has 1 amide bonds. The second kappa shape index (κ2) is 9.51. The van der Waals surface area contributed by atoms with E-state index in [0.717, 1.165) is 20.6 Å². The number of nitrogens with one attached hydrogen (secondary N) is 1. The molecule has 2 atom stereocenters. The molecule has 1 aliphatic heterocycles. The molecule has 0 radical (unpaired) electrons. The number of aliphatic carboxylic acids is 1. The predicted molar refractivity (Wildman–Crippen MR) is 126 cm³/mol. The van der Waals surface area contributed by atoms with Crippen LogP contribution in [0.15, 0.2) is 71.6 Å². The fourth-order valence-corrected chi connectivity index (χ4v) is 6.08. The highest BCUT2D eigenvalue weighted by molar-refractivity contribution is 7.89. The number of carbonyl (C=O) groups is 2. The number of carboxylic acid groups (broad SMARTS) is 1. The highest BCUT2D eigenvalue weighted by Gasteiger charge is 2.40. The summed E-state index contributed by atoms with van der Waals surface area (Å²) >= 11 is 5.95. The van der Waals surface area contributed by atoms with Crippen molar-refractivity contribution in [3.63, 3.8) is 0 Å². The van der Waals surface area contributed by atoms with Crippen LogP contribution in [0.5, 0.6) is 0 Å². The van der Waals surface area contributed by atoms with Gasteiger partial charge in [-0.25, -0.2) is 13.2 Å². The van der Waals surface area contributed by atoms with Crippen molar-refractivity contribution in [1.82, 2.24) is 9.62 Å². The minimum Gasteiger partial charge on any atom is -0.480 e. The monoisotopic (exact) mass is 486 g/mol. The molecule has 1 aliphatic rings. The van der Waals surface area contributed by atoms with Crippen molar-refractivity contribution in [1.29, 1.82) is 0 Å². The molecule has 0 unspecified atom stereocenters. The summed E-state index contributed by atoms with van der Waals surface area (Å²) < 4.78 is 27.3. The van der Waals surface area contributed by atoms with Crippen LogP contribution in [-0.4, -0.2) is 48.3 Å². The average molecular weight is 487 g/mol. The number of amides is 1. The van der Waals surface area contributed by atoms with Gasteiger partial charge in [0.25, 0.3) is 0 Å². The Labute approximate surface area is 197 Å². The summed E-state index contributed by atoms with van der Waals surface area (Å²) in [6.45, 7) is 0.176. The Morgan fingerprint density at radius 1 is 1.06 bits per heavy atom. The van der Waals surface area contributed by atoms with Crippen LogP contribution in [-0.2, 0) is 26.0 Å². The Bertz CT molecular complexity index is 1310. The Morgan fingerprint density at radius 2 is 1.82 bits per heavy atom. The van der Waals surface area contributed by atoms with Crippen molar-refractivity contribution in [3.05, 3.63) is 77.3 Å². The largest absolute Gasteiger partial charge is 0.480 e. The summed E-state index contributed by atoms with van der Waals surface area (Å²) in [4.78, 5) is 24.9. The molecule has 1 saturated heterocycles. The van der Waals surface area contributed by atoms with Gasteiger partial charge >= 0.3 is 5.97 Å². The molecule has 7 nitrogen and oxygen atoms in total. The Hall–Kier alpha value is -2.94. The van der Waals surface area contributed by atoms with E-state index in [1.807, 2.05) is 42.5 Å². The van der Waals surface area contributed by atoms with Gasteiger partial charge in [-0.3, -0.25) is 4.79 Å². The van der Waals surface area contributed by atoms with Crippen LogP contribution in [0.4, 0.5) is 0 Å². The zero-order valence-corrected chi connectivity index (χ0v) is 19.2. The normalized spacial score (nSPS) is 17.7. The van der Waals surface area contributed by atoms with Crippen molar-refractivity contribution >= 4 is 44.3 Å². The predicted octanol–water partition coefficient (Wildman–Crippen LogP) is 3.46. The maximum atomic E-state index is 13.1. The molecule has 33 heavy (non-hydrogen) atoms. The standard InChI is InChI=1S/C24H23ClN2O5S/c25-19-7-3-8-20(15-19)33(31,32)27-12-4-9-22(27)23(28)26-21(24(29)30)14-16-10-11-17-5-1-2-6-18(17)13-16/h1-3,5-8,10-11,13,15,21-22H,4,9,12,14H2,(H,26,28)(H,29,30)/t21-,22-/m0/s1. The van der Waals surface area contributed by atoms with Gasteiger partial charge in [-0.15, -0.1) is 0 Å². The number of carbonyl (C=O) groups excluding carboxylic acids is 1. The second-order valence-corrected chi connectivity index (χ2v) is 10.3. The number of benzene rings is 3. The number of halogens is 1. The number of nitrogens with zero attached hydrogens (tertiary/aromatic N) is 1. The third-order valence-electron chi connectivity index (χ3n) is 5.78. The van der Waals surface area contributed by atoms with Crippen LogP contribution >= 0.6 is 11.6 Å². The number of fused-ring (bicyclic) bond motifs is 1. The van der Waals surface area contributed by atoms with Gasteiger partial charge < -0.3 is 10.4 Å². The molecule has 0 spiro atoms. The smallest absolute Gasteiger partial charge is 0.326 e. The zero-order valence-electron chi connectivity index (χ0n) is 17.6. The van der Waals surface area contributed by atoms with E-state index in [1.54, 1.807) is 6.07 Å². The van der Waals surface area contributed by atoms with Gasteiger partial charge in [0.2, 0.25) is 15.9 Å². The summed E-state index contributed by atoms with van der Waals surface area (Å²) in [5.41, 5.74) is 0.760. The number of carboxylic acids is 1. The van der Waals surface area contributed by atoms with E-state index in [0.29, 0.717) is 12.8 Å². The van der Waals surface area contributed by atoms with Gasteiger partial charge in [0, 0.05) is 18.0 Å². The average Bonchev–Trinajstić information content (AvgIpc) is 3.29. The van der Waals surface area contributed by atoms with Crippen LogP contribution < -0.4 is 5.32 Å². The number of hydrogen-bond acceptors (Lipinski definition) is 4. The number of rotatable bonds is 7. The zero-order chi connectivity index (χ0) is 23.6. The van der Waals surface area contributed by atoms with Crippen LogP contribution in [0.2, 0.25) is 5.02 Å². The molecule has 3 aromatic carbocycles. The lowest BCUT2D eigenvalue weighted by atomic mass is 10.0. The van der Waals surface area contributed by atoms with E-state index in [4.69, 9.17) is 11.6 Å². The molecule has 1 fully saturated rings. The lowest BCUT2D eigenvalue weighted by Gasteiger charge is -2.25. The van der Waals surface area contributed by atoms with E-state index in [1.165, 1.54) is 18.2 Å². The van der Waals surface area contributed by atoms with Crippen LogP contribution in [0.1, 0.15) is 18.4 Å². The van der Waals surface area contributed by atoms with E-state index in [9.17, 15) is 23.1 Å². The van der Waals surface area contributed by atoms with Gasteiger partial charge in [0.15, 0.2) is 0 Å². The van der Waals surface area contributed by atoms with Crippen molar-refractivity contribution in [2.75, 3.05) is 6.54 Å². The van der Waals surface area contributed by atoms with Crippen LogP contribution in [0.3, 0.4) is 0 Å². The third-order valence-corrected chi connectivity index (χ3v) is 7.92. The molecule has 0 aliphatic carbocycles. The SMILES string of the molecule is O=C(O)[C@H](Cc1ccc2ccccc2c1)NC(=O)[C@@H]1CCCN1S(=O)(=O)c1cccc(Cl)c1. The highest BCUT2D eigenvalue weighted by Crippen LogP contribution is 2.28. The Balaban J connectivity index is 1.52. The first-order valence-electron chi connectivity index (χ1n) is 10.5. The maximum absolute atomic E-state index is 13.1. The quantitative estimate of drug-likeness (QED) is 0.532. The molecule has 4 rings (SSSR count). The summed E-state index contributed by atoms with van der Waals surface area (Å²) in [6, 6.07) is 17.0. The van der Waals surface area contributed by atoms with Crippen molar-refractivity contribution in [2.24, 2.45) is 0 Å². The van der Waals surface area contributed by atoms with Gasteiger partial charge in [-0.05, 0) is 47.4 Å². The molecule has 172 valence electrons. The lowest BCUT2D eigenvalue weighted by molar-refractivity contribution is -0.142. The fraction of sp³-hybridized carbons (Fsp3) is 0.250. The summed E-state index contributed by atoms with van der Waals surface area (Å²) in [6.07, 6.45) is 0.897. The molecule has 9 heteroatoms. The van der Waals surface area contributed by atoms with E-state index < -0.39 is 34.0 Å². The number of hydrogen-bond donors (Lipinski definition) is 2. The highest BCUT2D eigenvalue weighted by atomic mass is 35.5. The Kier molecular flexibility index (Phi) is 6.69. The topological polar surface area (TPSA) is 104 Å². The summed E-state index contributed by atoms with van der Waals surface area (Å²) in [7, 11) is -3.95. The van der Waals surface area contributed by atoms with Crippen LogP contribution in [0, 0.1) is 0 Å². The molecule has 0 saturated carbocycles. The van der Waals surface area contributed by atoms with Gasteiger partial charge in [-0.2, -0.15) is 4.31 Å². The minimum atomic E-state index is -3.95. The molecular weight excluding hydrogens is 464 g/mol. The van der Waals surface area contributed by atoms with Gasteiger partial charge in [-0.1, -0.05) is 60.1 Å². The maximum Gasteiger partial charge on any atom is 0.326 e. The lowest BCUT2D eigenvalue weighted by Crippen LogP contribution is -2.51. The summed E-state index contributed by atoms with van der Waals surface area (Å²) in [5.74, 6) is -1.80. The molecule has 0 bridgehead atoms. The molecular formula is C24H23ClN2O5S. The minimum absolute atomic E-state index is 0.000600. The summed E-state index contributed by atoms with van der Waals surface area (Å²) in [5, 5.41) is 14.5. The van der Waals surface area contributed by atoms with Crippen molar-refractivity contribution < 1.29 is 23.1 Å². The number of sulfonamides is 1. The first-order chi connectivity index (χ1) is 15.8. The Morgan fingerprint density at radius 3 is 2.55 bits per heavy atom.